The van der Waals surface area contributed by atoms with E-state index >= 15 is 0 Å². The third kappa shape index (κ3) is 4.35. The van der Waals surface area contributed by atoms with E-state index < -0.39 is 0 Å². The first kappa shape index (κ1) is 20.8. The highest BCUT2D eigenvalue weighted by atomic mass is 16.5. The van der Waals surface area contributed by atoms with E-state index in [1.165, 1.54) is 0 Å². The lowest BCUT2D eigenvalue weighted by Gasteiger charge is -2.25. The molecule has 3 aromatic rings. The molecule has 2 heterocycles. The number of nitrogens with one attached hydrogen (secondary N) is 1. The number of benzene rings is 2. The number of hydrogen-bond acceptors (Lipinski definition) is 3. The molecule has 0 radical (unpaired) electrons. The Hall–Kier alpha value is -3.48. The van der Waals surface area contributed by atoms with Crippen LogP contribution in [0.15, 0.2) is 54.7 Å². The van der Waals surface area contributed by atoms with Crippen LogP contribution in [-0.2, 0) is 11.3 Å². The molecule has 1 fully saturated rings. The molecule has 7 nitrogen and oxygen atoms in total. The highest BCUT2D eigenvalue weighted by Gasteiger charge is 2.30. The Bertz CT molecular complexity index is 1110. The van der Waals surface area contributed by atoms with Crippen LogP contribution in [-0.4, -0.2) is 54.1 Å². The van der Waals surface area contributed by atoms with E-state index in [2.05, 4.69) is 5.32 Å². The molecule has 1 aliphatic rings. The Morgan fingerprint density at radius 1 is 1.16 bits per heavy atom. The Kier molecular flexibility index (Phi) is 5.84. The summed E-state index contributed by atoms with van der Waals surface area (Å²) in [5, 5.41) is 4.03. The lowest BCUT2D eigenvalue weighted by atomic mass is 10.0. The molecule has 31 heavy (non-hydrogen) atoms. The molecule has 1 aromatic heterocycles. The quantitative estimate of drug-likeness (QED) is 0.676. The van der Waals surface area contributed by atoms with Crippen molar-refractivity contribution in [3.8, 4) is 5.75 Å². The van der Waals surface area contributed by atoms with Crippen molar-refractivity contribution in [3.63, 3.8) is 0 Å². The van der Waals surface area contributed by atoms with E-state index in [0.717, 1.165) is 47.3 Å². The smallest absolute Gasteiger partial charge is 0.322 e. The summed E-state index contributed by atoms with van der Waals surface area (Å²) < 4.78 is 7.26. The highest BCUT2D eigenvalue weighted by Crippen LogP contribution is 2.34. The van der Waals surface area contributed by atoms with Gasteiger partial charge in [-0.25, -0.2) is 4.79 Å². The number of likely N-dealkylation sites (tertiary alicyclic amines) is 1. The topological polar surface area (TPSA) is 66.8 Å². The molecule has 3 amide bonds. The van der Waals surface area contributed by atoms with Gasteiger partial charge in [0.1, 0.15) is 12.3 Å². The summed E-state index contributed by atoms with van der Waals surface area (Å²) in [7, 11) is 5.15. The normalized spacial score (nSPS) is 15.8. The summed E-state index contributed by atoms with van der Waals surface area (Å²) in [6, 6.07) is 15.6. The number of amides is 3. The fourth-order valence-corrected chi connectivity index (χ4v) is 4.10. The summed E-state index contributed by atoms with van der Waals surface area (Å²) >= 11 is 0. The first-order valence-electron chi connectivity index (χ1n) is 10.5. The standard InChI is InChI=1S/C24H28N4O3/c1-26(2)23(29)16-27-13-11-18-14-19(9-10-21(18)27)25-24(30)28-12-5-8-22(28)17-6-4-7-20(15-17)31-3/h4,6-7,9-11,13-15,22H,5,8,12,16H2,1-3H3,(H,25,30). The van der Waals surface area contributed by atoms with Gasteiger partial charge in [0.05, 0.1) is 13.2 Å². The largest absolute Gasteiger partial charge is 0.497 e. The summed E-state index contributed by atoms with van der Waals surface area (Å²) in [6.45, 7) is 1.01. The van der Waals surface area contributed by atoms with Crippen LogP contribution in [0, 0.1) is 0 Å². The SMILES string of the molecule is COc1cccc(C2CCCN2C(=O)Nc2ccc3c(ccn3CC(=O)N(C)C)c2)c1. The molecule has 1 aliphatic heterocycles. The van der Waals surface area contributed by atoms with Gasteiger partial charge in [0, 0.05) is 43.4 Å². The van der Waals surface area contributed by atoms with Crippen molar-refractivity contribution < 1.29 is 14.3 Å². The van der Waals surface area contributed by atoms with Crippen LogP contribution in [0.5, 0.6) is 5.75 Å². The van der Waals surface area contributed by atoms with Crippen LogP contribution in [0.25, 0.3) is 10.9 Å². The summed E-state index contributed by atoms with van der Waals surface area (Å²) in [5.41, 5.74) is 2.79. The minimum absolute atomic E-state index is 0.0347. The molecule has 2 aromatic carbocycles. The third-order valence-corrected chi connectivity index (χ3v) is 5.82. The van der Waals surface area contributed by atoms with Crippen LogP contribution in [0.1, 0.15) is 24.4 Å². The van der Waals surface area contributed by atoms with Gasteiger partial charge in [0.2, 0.25) is 5.91 Å². The third-order valence-electron chi connectivity index (χ3n) is 5.82. The maximum Gasteiger partial charge on any atom is 0.322 e. The van der Waals surface area contributed by atoms with Crippen molar-refractivity contribution in [1.29, 1.82) is 0 Å². The predicted octanol–water partition coefficient (Wildman–Crippen LogP) is 4.11. The van der Waals surface area contributed by atoms with Crippen molar-refractivity contribution in [1.82, 2.24) is 14.4 Å². The number of nitrogens with zero attached hydrogens (tertiary/aromatic N) is 3. The number of carbonyl (C=O) groups excluding carboxylic acids is 2. The van der Waals surface area contributed by atoms with Crippen LogP contribution in [0.4, 0.5) is 10.5 Å². The number of fused-ring (bicyclic) bond motifs is 1. The molecular weight excluding hydrogens is 392 g/mol. The number of aromatic nitrogens is 1. The Labute approximate surface area is 182 Å². The van der Waals surface area contributed by atoms with Gasteiger partial charge in [-0.1, -0.05) is 12.1 Å². The van der Waals surface area contributed by atoms with Crippen LogP contribution >= 0.6 is 0 Å². The van der Waals surface area contributed by atoms with Crippen molar-refractivity contribution in [2.24, 2.45) is 0 Å². The Morgan fingerprint density at radius 2 is 2.00 bits per heavy atom. The van der Waals surface area contributed by atoms with Crippen LogP contribution < -0.4 is 10.1 Å². The number of hydrogen-bond donors (Lipinski definition) is 1. The number of likely N-dealkylation sites (N-methyl/N-ethyl adjacent to an activating group) is 1. The number of methoxy groups -OCH3 is 1. The minimum Gasteiger partial charge on any atom is -0.497 e. The van der Waals surface area contributed by atoms with Gasteiger partial charge in [-0.15, -0.1) is 0 Å². The molecule has 1 atom stereocenters. The van der Waals surface area contributed by atoms with Gasteiger partial charge in [0.25, 0.3) is 0 Å². The van der Waals surface area contributed by atoms with Gasteiger partial charge in [-0.05, 0) is 54.8 Å². The molecule has 0 saturated carbocycles. The summed E-state index contributed by atoms with van der Waals surface area (Å²) in [4.78, 5) is 28.5. The second-order valence-electron chi connectivity index (χ2n) is 8.06. The average Bonchev–Trinajstić information content (AvgIpc) is 3.41. The van der Waals surface area contributed by atoms with E-state index in [0.29, 0.717) is 0 Å². The van der Waals surface area contributed by atoms with Crippen molar-refractivity contribution in [2.75, 3.05) is 33.1 Å². The Balaban J connectivity index is 1.49. The number of urea groups is 1. The van der Waals surface area contributed by atoms with Crippen LogP contribution in [0.3, 0.4) is 0 Å². The minimum atomic E-state index is -0.105. The van der Waals surface area contributed by atoms with E-state index in [-0.39, 0.29) is 24.5 Å². The number of rotatable bonds is 5. The van der Waals surface area contributed by atoms with Gasteiger partial charge in [-0.2, -0.15) is 0 Å². The van der Waals surface area contributed by atoms with Crippen molar-refractivity contribution >= 4 is 28.5 Å². The molecular formula is C24H28N4O3. The molecule has 0 bridgehead atoms. The zero-order valence-corrected chi connectivity index (χ0v) is 18.2. The summed E-state index contributed by atoms with van der Waals surface area (Å²) in [6.07, 6.45) is 3.80. The molecule has 0 aliphatic carbocycles. The zero-order valence-electron chi connectivity index (χ0n) is 18.2. The summed E-state index contributed by atoms with van der Waals surface area (Å²) in [5.74, 6) is 0.833. The van der Waals surface area contributed by atoms with Gasteiger partial charge >= 0.3 is 6.03 Å². The molecule has 1 unspecified atom stereocenters. The molecule has 0 spiro atoms. The van der Waals surface area contributed by atoms with E-state index in [1.807, 2.05) is 64.2 Å². The first-order chi connectivity index (χ1) is 15.0. The van der Waals surface area contributed by atoms with Gasteiger partial charge in [-0.3, -0.25) is 4.79 Å². The van der Waals surface area contributed by atoms with Crippen molar-refractivity contribution in [2.45, 2.75) is 25.4 Å². The van der Waals surface area contributed by atoms with Crippen molar-refractivity contribution in [3.05, 3.63) is 60.3 Å². The lowest BCUT2D eigenvalue weighted by Crippen LogP contribution is -2.34. The number of carbonyl (C=O) groups is 2. The molecule has 7 heteroatoms. The predicted molar refractivity (Wildman–Crippen MR) is 121 cm³/mol. The molecule has 1 N–H and O–H groups in total. The maximum absolute atomic E-state index is 13.0. The van der Waals surface area contributed by atoms with Crippen LogP contribution in [0.2, 0.25) is 0 Å². The van der Waals surface area contributed by atoms with E-state index in [1.54, 1.807) is 26.1 Å². The lowest BCUT2D eigenvalue weighted by molar-refractivity contribution is -0.129. The number of anilines is 1. The monoisotopic (exact) mass is 420 g/mol. The Morgan fingerprint density at radius 3 is 2.77 bits per heavy atom. The van der Waals surface area contributed by atoms with Gasteiger partial charge < -0.3 is 24.4 Å². The van der Waals surface area contributed by atoms with Gasteiger partial charge in [0.15, 0.2) is 0 Å². The average molecular weight is 421 g/mol. The molecule has 4 rings (SSSR count). The zero-order chi connectivity index (χ0) is 22.0. The number of ether oxygens (including phenoxy) is 1. The fourth-order valence-electron chi connectivity index (χ4n) is 4.10. The van der Waals surface area contributed by atoms with E-state index in [4.69, 9.17) is 4.74 Å². The second-order valence-corrected chi connectivity index (χ2v) is 8.06. The highest BCUT2D eigenvalue weighted by molar-refractivity contribution is 5.93. The second kappa shape index (κ2) is 8.71. The van der Waals surface area contributed by atoms with E-state index in [9.17, 15) is 9.59 Å². The molecule has 1 saturated heterocycles. The maximum atomic E-state index is 13.0. The first-order valence-corrected chi connectivity index (χ1v) is 10.5. The fraction of sp³-hybridized carbons (Fsp3) is 0.333. The molecule has 162 valence electrons.